The van der Waals surface area contributed by atoms with Gasteiger partial charge in [0, 0.05) is 28.3 Å². The Hall–Kier alpha value is -3.06. The molecule has 1 aliphatic carbocycles. The zero-order valence-corrected chi connectivity index (χ0v) is 18.3. The van der Waals surface area contributed by atoms with Crippen LogP contribution in [0.2, 0.25) is 0 Å². The lowest BCUT2D eigenvalue weighted by molar-refractivity contribution is -0.141. The standard InChI is InChI=1S/C24H23NO5S/c1-14(26)25-20-9-17(6-7-23(20)31-2)21(27)13-30-24(28)11-18-12-29-22-10-16-5-3-4-15(16)8-19(18)22/h6-10,12H,3-5,11,13H2,1-2H3,(H,25,26). The van der Waals surface area contributed by atoms with Gasteiger partial charge in [-0.2, -0.15) is 0 Å². The van der Waals surface area contributed by atoms with Crippen molar-refractivity contribution in [2.24, 2.45) is 0 Å². The van der Waals surface area contributed by atoms with Gasteiger partial charge in [0.2, 0.25) is 5.91 Å². The van der Waals surface area contributed by atoms with Crippen LogP contribution in [0.5, 0.6) is 0 Å². The van der Waals surface area contributed by atoms with Crippen molar-refractivity contribution in [1.82, 2.24) is 0 Å². The number of furan rings is 1. The number of carbonyl (C=O) groups is 3. The SMILES string of the molecule is CSc1ccc(C(=O)COC(=O)Cc2coc3cc4c(cc23)CCC4)cc1NC(C)=O. The highest BCUT2D eigenvalue weighted by molar-refractivity contribution is 7.98. The number of anilines is 1. The van der Waals surface area contributed by atoms with Crippen LogP contribution in [0.4, 0.5) is 5.69 Å². The number of esters is 1. The fourth-order valence-electron chi connectivity index (χ4n) is 3.89. The lowest BCUT2D eigenvalue weighted by atomic mass is 10.0. The second-order valence-electron chi connectivity index (χ2n) is 7.59. The molecule has 6 nitrogen and oxygen atoms in total. The summed E-state index contributed by atoms with van der Waals surface area (Å²) in [6.45, 7) is 1.05. The first-order valence-corrected chi connectivity index (χ1v) is 11.3. The normalized spacial score (nSPS) is 12.6. The molecule has 1 amide bonds. The third-order valence-corrected chi connectivity index (χ3v) is 6.20. The molecule has 0 bridgehead atoms. The van der Waals surface area contributed by atoms with E-state index in [1.807, 2.05) is 6.26 Å². The maximum Gasteiger partial charge on any atom is 0.310 e. The number of Topliss-reactive ketones (excluding diaryl/α,β-unsaturated/α-hetero) is 1. The molecule has 0 saturated heterocycles. The average molecular weight is 438 g/mol. The molecule has 0 unspecified atom stereocenters. The summed E-state index contributed by atoms with van der Waals surface area (Å²) in [6.07, 6.45) is 6.77. The van der Waals surface area contributed by atoms with Gasteiger partial charge in [0.05, 0.1) is 18.4 Å². The minimum atomic E-state index is -0.487. The van der Waals surface area contributed by atoms with Gasteiger partial charge in [0.15, 0.2) is 12.4 Å². The van der Waals surface area contributed by atoms with Crippen LogP contribution in [0.3, 0.4) is 0 Å². The number of fused-ring (bicyclic) bond motifs is 2. The molecule has 4 rings (SSSR count). The summed E-state index contributed by atoms with van der Waals surface area (Å²) < 4.78 is 10.9. The molecule has 1 heterocycles. The maximum absolute atomic E-state index is 12.5. The van der Waals surface area contributed by atoms with E-state index in [-0.39, 0.29) is 24.7 Å². The van der Waals surface area contributed by atoms with E-state index in [9.17, 15) is 14.4 Å². The van der Waals surface area contributed by atoms with Crippen molar-refractivity contribution in [3.63, 3.8) is 0 Å². The summed E-state index contributed by atoms with van der Waals surface area (Å²) in [4.78, 5) is 37.1. The van der Waals surface area contributed by atoms with Gasteiger partial charge in [-0.05, 0) is 60.9 Å². The molecule has 0 atom stereocenters. The number of thioether (sulfide) groups is 1. The second kappa shape index (κ2) is 8.98. The van der Waals surface area contributed by atoms with Gasteiger partial charge < -0.3 is 14.5 Å². The predicted molar refractivity (Wildman–Crippen MR) is 120 cm³/mol. The Kier molecular flexibility index (Phi) is 6.13. The smallest absolute Gasteiger partial charge is 0.310 e. The highest BCUT2D eigenvalue weighted by atomic mass is 32.2. The number of hydrogen-bond donors (Lipinski definition) is 1. The molecule has 0 radical (unpaired) electrons. The number of ketones is 1. The van der Waals surface area contributed by atoms with E-state index >= 15 is 0 Å². The van der Waals surface area contributed by atoms with Crippen LogP contribution in [-0.4, -0.2) is 30.5 Å². The summed E-state index contributed by atoms with van der Waals surface area (Å²) in [5.74, 6) is -1.04. The fraction of sp³-hybridized carbons (Fsp3) is 0.292. The Morgan fingerprint density at radius 3 is 2.65 bits per heavy atom. The van der Waals surface area contributed by atoms with E-state index in [1.54, 1.807) is 24.5 Å². The van der Waals surface area contributed by atoms with E-state index < -0.39 is 5.97 Å². The van der Waals surface area contributed by atoms with Gasteiger partial charge in [-0.1, -0.05) is 6.07 Å². The second-order valence-corrected chi connectivity index (χ2v) is 8.44. The maximum atomic E-state index is 12.5. The van der Waals surface area contributed by atoms with Gasteiger partial charge in [-0.15, -0.1) is 11.8 Å². The molecule has 1 aliphatic rings. The number of ether oxygens (including phenoxy) is 1. The highest BCUT2D eigenvalue weighted by Gasteiger charge is 2.18. The van der Waals surface area contributed by atoms with Crippen molar-refractivity contribution in [3.05, 3.63) is 58.8 Å². The molecule has 0 aliphatic heterocycles. The molecule has 31 heavy (non-hydrogen) atoms. The summed E-state index contributed by atoms with van der Waals surface area (Å²) in [5.41, 5.74) is 5.10. The Labute approximate surface area is 184 Å². The number of hydrogen-bond acceptors (Lipinski definition) is 6. The predicted octanol–water partition coefficient (Wildman–Crippen LogP) is 4.57. The molecule has 0 saturated carbocycles. The number of amides is 1. The Bertz CT molecular complexity index is 1180. The molecular formula is C24H23NO5S. The monoisotopic (exact) mass is 437 g/mol. The topological polar surface area (TPSA) is 85.6 Å². The van der Waals surface area contributed by atoms with Crippen LogP contribution < -0.4 is 5.32 Å². The number of benzene rings is 2. The molecule has 0 spiro atoms. The minimum Gasteiger partial charge on any atom is -0.464 e. The zero-order valence-electron chi connectivity index (χ0n) is 17.4. The minimum absolute atomic E-state index is 0.0433. The number of carbonyl (C=O) groups excluding carboxylic acids is 3. The van der Waals surface area contributed by atoms with Crippen molar-refractivity contribution in [1.29, 1.82) is 0 Å². The van der Waals surface area contributed by atoms with E-state index in [0.717, 1.165) is 40.7 Å². The highest BCUT2D eigenvalue weighted by Crippen LogP contribution is 2.31. The van der Waals surface area contributed by atoms with Crippen LogP contribution in [0.1, 0.15) is 40.4 Å². The summed E-state index contributed by atoms with van der Waals surface area (Å²) in [7, 11) is 0. The van der Waals surface area contributed by atoms with Crippen LogP contribution in [0.25, 0.3) is 11.0 Å². The molecule has 1 N–H and O–H groups in total. The third-order valence-electron chi connectivity index (χ3n) is 5.40. The van der Waals surface area contributed by atoms with Crippen LogP contribution >= 0.6 is 11.8 Å². The van der Waals surface area contributed by atoms with Crippen molar-refractivity contribution in [2.75, 3.05) is 18.2 Å². The molecule has 7 heteroatoms. The summed E-state index contributed by atoms with van der Waals surface area (Å²) in [6, 6.07) is 9.19. The lowest BCUT2D eigenvalue weighted by Crippen LogP contribution is -2.16. The Morgan fingerprint density at radius 2 is 1.90 bits per heavy atom. The summed E-state index contributed by atoms with van der Waals surface area (Å²) in [5, 5.41) is 3.65. The van der Waals surface area contributed by atoms with E-state index in [2.05, 4.69) is 17.4 Å². The lowest BCUT2D eigenvalue weighted by Gasteiger charge is -2.10. The largest absolute Gasteiger partial charge is 0.464 e. The van der Waals surface area contributed by atoms with E-state index in [0.29, 0.717) is 11.3 Å². The van der Waals surface area contributed by atoms with E-state index in [1.165, 1.54) is 29.8 Å². The van der Waals surface area contributed by atoms with Crippen LogP contribution in [0, 0.1) is 0 Å². The van der Waals surface area contributed by atoms with Gasteiger partial charge in [0.25, 0.3) is 0 Å². The third kappa shape index (κ3) is 4.66. The molecule has 1 aromatic heterocycles. The summed E-state index contributed by atoms with van der Waals surface area (Å²) >= 11 is 1.47. The number of aryl methyl sites for hydroxylation is 2. The first-order chi connectivity index (χ1) is 14.9. The van der Waals surface area contributed by atoms with Crippen LogP contribution in [0.15, 0.2) is 45.9 Å². The molecule has 160 valence electrons. The molecule has 0 fully saturated rings. The van der Waals surface area contributed by atoms with Gasteiger partial charge >= 0.3 is 5.97 Å². The van der Waals surface area contributed by atoms with Crippen molar-refractivity contribution >= 4 is 46.1 Å². The average Bonchev–Trinajstić information content (AvgIpc) is 3.36. The van der Waals surface area contributed by atoms with E-state index in [4.69, 9.17) is 9.15 Å². The fourth-order valence-corrected chi connectivity index (χ4v) is 4.42. The first-order valence-electron chi connectivity index (χ1n) is 10.1. The Balaban J connectivity index is 1.40. The molecular weight excluding hydrogens is 414 g/mol. The molecule has 2 aromatic carbocycles. The van der Waals surface area contributed by atoms with Crippen LogP contribution in [-0.2, 0) is 33.6 Å². The van der Waals surface area contributed by atoms with Crippen molar-refractivity contribution in [3.8, 4) is 0 Å². The number of nitrogens with one attached hydrogen (secondary N) is 1. The number of rotatable bonds is 7. The quantitative estimate of drug-likeness (QED) is 0.331. The van der Waals surface area contributed by atoms with Crippen molar-refractivity contribution < 1.29 is 23.5 Å². The van der Waals surface area contributed by atoms with Crippen molar-refractivity contribution in [2.45, 2.75) is 37.5 Å². The van der Waals surface area contributed by atoms with Gasteiger partial charge in [0.1, 0.15) is 5.58 Å². The molecule has 3 aromatic rings. The van der Waals surface area contributed by atoms with Gasteiger partial charge in [-0.25, -0.2) is 0 Å². The Morgan fingerprint density at radius 1 is 1.13 bits per heavy atom. The van der Waals surface area contributed by atoms with Gasteiger partial charge in [-0.3, -0.25) is 14.4 Å². The first kappa shape index (κ1) is 21.2. The zero-order chi connectivity index (χ0) is 22.0.